The molecule has 0 bridgehead atoms. The number of thioether (sulfide) groups is 1. The third-order valence-electron chi connectivity index (χ3n) is 7.31. The lowest BCUT2D eigenvalue weighted by molar-refractivity contribution is -0.377. The molecule has 44 heavy (non-hydrogen) atoms. The van der Waals surface area contributed by atoms with Crippen molar-refractivity contribution in [1.29, 1.82) is 0 Å². The van der Waals surface area contributed by atoms with Crippen LogP contribution in [0.5, 0.6) is 11.5 Å². The number of benzene rings is 2. The van der Waals surface area contributed by atoms with E-state index in [1.807, 2.05) is 0 Å². The van der Waals surface area contributed by atoms with Gasteiger partial charge in [-0.25, -0.2) is 13.4 Å². The molecule has 5 rings (SSSR count). The molecule has 1 saturated carbocycles. The first-order chi connectivity index (χ1) is 21.1. The normalized spacial score (nSPS) is 18.0. The zero-order valence-electron chi connectivity index (χ0n) is 23.5. The molecule has 1 aromatic heterocycles. The molecule has 1 aliphatic heterocycles. The Morgan fingerprint density at radius 3 is 2.48 bits per heavy atom. The SMILES string of the molecule is O=C(COC[C@@H](Cc1c(Cl)c[nH+]cc1Cl)c1ccc(OC(F)F)c(OCC2CC2)c1)[C@@H]1SCCN1S(=O)(=O)c1ccccc1. The summed E-state index contributed by atoms with van der Waals surface area (Å²) in [6.45, 7) is -2.74. The van der Waals surface area contributed by atoms with Crippen LogP contribution >= 0.6 is 35.0 Å². The number of hydrogen-bond acceptors (Lipinski definition) is 7. The van der Waals surface area contributed by atoms with Crippen LogP contribution in [0.4, 0.5) is 8.78 Å². The van der Waals surface area contributed by atoms with Crippen LogP contribution in [0.15, 0.2) is 65.8 Å². The molecule has 8 nitrogen and oxygen atoms in total. The van der Waals surface area contributed by atoms with Crippen molar-refractivity contribution in [2.24, 2.45) is 5.92 Å². The van der Waals surface area contributed by atoms with E-state index < -0.39 is 27.9 Å². The summed E-state index contributed by atoms with van der Waals surface area (Å²) in [6, 6.07) is 12.7. The standard InChI is InChI=1S/C30H30Cl2F2N2O6S2/c31-24-14-35-15-25(32)23(24)12-21(20-8-9-27(42-30(33)34)28(13-20)41-16-19-6-7-19)17-40-18-26(37)29-36(10-11-43-29)44(38,39)22-4-2-1-3-5-22/h1-5,8-9,13-15,19,21,29-30H,6-7,10-12,16-18H2/p+1/t21-,29+/m1/s1. The van der Waals surface area contributed by atoms with Crippen molar-refractivity contribution in [3.05, 3.63) is 82.1 Å². The zero-order chi connectivity index (χ0) is 31.3. The maximum absolute atomic E-state index is 13.3. The Balaban J connectivity index is 1.34. The average molecular weight is 689 g/mol. The summed E-state index contributed by atoms with van der Waals surface area (Å²) in [7, 11) is -3.87. The summed E-state index contributed by atoms with van der Waals surface area (Å²) in [6.07, 6.45) is 5.51. The molecule has 3 aromatic rings. The Labute approximate surface area is 269 Å². The first kappa shape index (κ1) is 32.9. The molecule has 0 radical (unpaired) electrons. The number of nitrogens with one attached hydrogen (secondary N) is 1. The van der Waals surface area contributed by atoms with Gasteiger partial charge < -0.3 is 14.2 Å². The summed E-state index contributed by atoms with van der Waals surface area (Å²) >= 11 is 14.1. The molecule has 1 saturated heterocycles. The molecule has 236 valence electrons. The highest BCUT2D eigenvalue weighted by Gasteiger charge is 2.40. The molecule has 2 aromatic carbocycles. The van der Waals surface area contributed by atoms with E-state index in [0.717, 1.165) is 12.8 Å². The molecule has 2 heterocycles. The smallest absolute Gasteiger partial charge is 0.387 e. The number of pyridine rings is 1. The minimum Gasteiger partial charge on any atom is -0.489 e. The molecule has 0 amide bonds. The van der Waals surface area contributed by atoms with E-state index >= 15 is 0 Å². The topological polar surface area (TPSA) is 96.3 Å². The number of alkyl halides is 2. The number of carbonyl (C=O) groups is 1. The second-order valence-corrected chi connectivity index (χ2v) is 14.4. The van der Waals surface area contributed by atoms with Gasteiger partial charge in [-0.1, -0.05) is 47.5 Å². The number of aromatic amines is 1. The van der Waals surface area contributed by atoms with Crippen LogP contribution in [-0.2, 0) is 26.0 Å². The summed E-state index contributed by atoms with van der Waals surface area (Å²) < 4.78 is 70.4. The van der Waals surface area contributed by atoms with Crippen LogP contribution in [0.1, 0.15) is 29.9 Å². The van der Waals surface area contributed by atoms with Crippen molar-refractivity contribution in [2.45, 2.75) is 42.1 Å². The number of hydrogen-bond donors (Lipinski definition) is 0. The minimum atomic E-state index is -3.87. The first-order valence-corrected chi connectivity index (χ1v) is 17.2. The molecular formula is C30H31Cl2F2N2O6S2+. The van der Waals surface area contributed by atoms with Crippen LogP contribution in [0.2, 0.25) is 10.0 Å². The number of sulfonamides is 1. The number of rotatable bonds is 15. The van der Waals surface area contributed by atoms with Crippen LogP contribution < -0.4 is 14.5 Å². The Hall–Kier alpha value is -2.48. The number of aromatic nitrogens is 1. The second kappa shape index (κ2) is 14.7. The van der Waals surface area contributed by atoms with Gasteiger partial charge in [-0.15, -0.1) is 11.8 Å². The number of H-pyrrole nitrogens is 1. The summed E-state index contributed by atoms with van der Waals surface area (Å²) in [4.78, 5) is 16.3. The number of Topliss-reactive ketones (excluding diaryl/α,β-unsaturated/α-hetero) is 1. The van der Waals surface area contributed by atoms with Gasteiger partial charge in [0.15, 0.2) is 29.7 Å². The van der Waals surface area contributed by atoms with Crippen molar-refractivity contribution in [1.82, 2.24) is 4.31 Å². The molecule has 14 heteroatoms. The fourth-order valence-electron chi connectivity index (χ4n) is 4.82. The lowest BCUT2D eigenvalue weighted by Gasteiger charge is -2.23. The van der Waals surface area contributed by atoms with Crippen LogP contribution in [0.25, 0.3) is 0 Å². The quantitative estimate of drug-likeness (QED) is 0.197. The van der Waals surface area contributed by atoms with E-state index in [2.05, 4.69) is 4.98 Å². The zero-order valence-corrected chi connectivity index (χ0v) is 26.6. The fourth-order valence-corrected chi connectivity index (χ4v) is 8.52. The van der Waals surface area contributed by atoms with E-state index in [9.17, 15) is 22.0 Å². The summed E-state index contributed by atoms with van der Waals surface area (Å²) in [5.74, 6) is 0.139. The number of ketones is 1. The van der Waals surface area contributed by atoms with Crippen LogP contribution in [-0.4, -0.2) is 62.6 Å². The summed E-state index contributed by atoms with van der Waals surface area (Å²) in [5.41, 5.74) is 1.31. The van der Waals surface area contributed by atoms with Crippen LogP contribution in [0.3, 0.4) is 0 Å². The fraction of sp³-hybridized carbons (Fsp3) is 0.400. The molecular weight excluding hydrogens is 657 g/mol. The average Bonchev–Trinajstić information content (AvgIpc) is 3.69. The van der Waals surface area contributed by atoms with Crippen molar-refractivity contribution in [3.8, 4) is 11.5 Å². The van der Waals surface area contributed by atoms with Gasteiger partial charge in [0.25, 0.3) is 0 Å². The predicted molar refractivity (Wildman–Crippen MR) is 163 cm³/mol. The van der Waals surface area contributed by atoms with E-state index in [-0.39, 0.29) is 41.9 Å². The van der Waals surface area contributed by atoms with Crippen molar-refractivity contribution in [2.75, 3.05) is 32.1 Å². The van der Waals surface area contributed by atoms with Crippen molar-refractivity contribution in [3.63, 3.8) is 0 Å². The van der Waals surface area contributed by atoms with Crippen molar-refractivity contribution < 1.29 is 41.2 Å². The lowest BCUT2D eigenvalue weighted by Crippen LogP contribution is -2.41. The molecule has 1 aliphatic carbocycles. The molecule has 2 atom stereocenters. The molecule has 0 spiro atoms. The molecule has 1 N–H and O–H groups in total. The van der Waals surface area contributed by atoms with Gasteiger partial charge in [0, 0.05) is 23.8 Å². The van der Waals surface area contributed by atoms with E-state index in [4.69, 9.17) is 37.4 Å². The third kappa shape index (κ3) is 8.21. The van der Waals surface area contributed by atoms with Gasteiger partial charge >= 0.3 is 6.61 Å². The minimum absolute atomic E-state index is 0.0247. The summed E-state index contributed by atoms with van der Waals surface area (Å²) in [5, 5.41) is -0.128. The van der Waals surface area contributed by atoms with E-state index in [0.29, 0.717) is 45.9 Å². The number of nitrogens with zero attached hydrogens (tertiary/aromatic N) is 1. The molecule has 0 unspecified atom stereocenters. The maximum atomic E-state index is 13.3. The largest absolute Gasteiger partial charge is 0.489 e. The Morgan fingerprint density at radius 2 is 1.80 bits per heavy atom. The Bertz CT molecular complexity index is 1540. The number of halogens is 4. The maximum Gasteiger partial charge on any atom is 0.387 e. The highest BCUT2D eigenvalue weighted by molar-refractivity contribution is 8.02. The van der Waals surface area contributed by atoms with Crippen molar-refractivity contribution >= 4 is 50.8 Å². The molecule has 2 fully saturated rings. The van der Waals surface area contributed by atoms with E-state index in [1.165, 1.54) is 34.3 Å². The van der Waals surface area contributed by atoms with Gasteiger partial charge in [0.1, 0.15) is 22.0 Å². The second-order valence-electron chi connectivity index (χ2n) is 10.5. The lowest BCUT2D eigenvalue weighted by atomic mass is 9.92. The molecule has 2 aliphatic rings. The van der Waals surface area contributed by atoms with E-state index in [1.54, 1.807) is 42.7 Å². The van der Waals surface area contributed by atoms with Gasteiger partial charge in [0.05, 0.1) is 18.1 Å². The van der Waals surface area contributed by atoms with Gasteiger partial charge in [-0.3, -0.25) is 4.79 Å². The van der Waals surface area contributed by atoms with Gasteiger partial charge in [-0.2, -0.15) is 13.1 Å². The predicted octanol–water partition coefficient (Wildman–Crippen LogP) is 5.87. The number of carbonyl (C=O) groups excluding carboxylic acids is 1. The van der Waals surface area contributed by atoms with Crippen LogP contribution in [0, 0.1) is 5.92 Å². The van der Waals surface area contributed by atoms with Gasteiger partial charge in [-0.05, 0) is 55.0 Å². The third-order valence-corrected chi connectivity index (χ3v) is 11.2. The monoisotopic (exact) mass is 687 g/mol. The Morgan fingerprint density at radius 1 is 1.07 bits per heavy atom. The highest BCUT2D eigenvalue weighted by atomic mass is 35.5. The number of ether oxygens (including phenoxy) is 3. The first-order valence-electron chi connectivity index (χ1n) is 14.0. The highest BCUT2D eigenvalue weighted by Crippen LogP contribution is 2.38. The Kier molecular flexibility index (Phi) is 11.0. The van der Waals surface area contributed by atoms with Gasteiger partial charge in [0.2, 0.25) is 10.0 Å².